The zero-order chi connectivity index (χ0) is 7.94. The number of hydrogen-bond donors (Lipinski definition) is 0. The van der Waals surface area contributed by atoms with Crippen LogP contribution in [0.1, 0.15) is 51.9 Å². The van der Waals surface area contributed by atoms with Gasteiger partial charge in [0.25, 0.3) is 0 Å². The van der Waals surface area contributed by atoms with Gasteiger partial charge in [-0.3, -0.25) is 4.99 Å². The van der Waals surface area contributed by atoms with E-state index < -0.39 is 0 Å². The average Bonchev–Trinajstić information content (AvgIpc) is 2.16. The summed E-state index contributed by atoms with van der Waals surface area (Å²) in [4.78, 5) is 4.58. The van der Waals surface area contributed by atoms with Gasteiger partial charge in [-0.2, -0.15) is 0 Å². The monoisotopic (exact) mass is 153 g/mol. The first-order valence-corrected chi connectivity index (χ1v) is 4.95. The predicted molar refractivity (Wildman–Crippen MR) is 50.3 cm³/mol. The van der Waals surface area contributed by atoms with Gasteiger partial charge in [-0.1, -0.05) is 26.2 Å². The standard InChI is InChI=1S/C10H19N/c1-2-10-8-6-4-3-5-7-9-11-10/h2-9H2,1H3/b11-10-. The summed E-state index contributed by atoms with van der Waals surface area (Å²) in [6, 6.07) is 0. The molecule has 0 aromatic heterocycles. The lowest BCUT2D eigenvalue weighted by Gasteiger charge is -2.00. The fourth-order valence-corrected chi connectivity index (χ4v) is 1.58. The zero-order valence-electron chi connectivity index (χ0n) is 7.60. The molecule has 0 fully saturated rings. The third-order valence-corrected chi connectivity index (χ3v) is 2.37. The number of aliphatic imine (C=N–C) groups is 1. The van der Waals surface area contributed by atoms with Gasteiger partial charge in [-0.05, 0) is 25.7 Å². The highest BCUT2D eigenvalue weighted by atomic mass is 14.7. The molecule has 64 valence electrons. The molecule has 0 amide bonds. The van der Waals surface area contributed by atoms with Crippen LogP contribution < -0.4 is 0 Å². The lowest BCUT2D eigenvalue weighted by Crippen LogP contribution is -1.96. The molecule has 1 nitrogen and oxygen atoms in total. The Morgan fingerprint density at radius 1 is 1.09 bits per heavy atom. The second kappa shape index (κ2) is 5.34. The molecule has 0 bridgehead atoms. The van der Waals surface area contributed by atoms with Crippen LogP contribution in [0.3, 0.4) is 0 Å². The summed E-state index contributed by atoms with van der Waals surface area (Å²) >= 11 is 0. The normalized spacial score (nSPS) is 26.1. The molecule has 1 heteroatoms. The molecule has 11 heavy (non-hydrogen) atoms. The largest absolute Gasteiger partial charge is 0.294 e. The first-order chi connectivity index (χ1) is 5.43. The second-order valence-corrected chi connectivity index (χ2v) is 3.32. The Kier molecular flexibility index (Phi) is 4.25. The molecule has 0 atom stereocenters. The van der Waals surface area contributed by atoms with Crippen molar-refractivity contribution in [2.24, 2.45) is 4.99 Å². The van der Waals surface area contributed by atoms with Crippen LogP contribution >= 0.6 is 0 Å². The fourth-order valence-electron chi connectivity index (χ4n) is 1.58. The van der Waals surface area contributed by atoms with E-state index in [4.69, 9.17) is 0 Å². The molecule has 0 aliphatic carbocycles. The summed E-state index contributed by atoms with van der Waals surface area (Å²) in [5, 5.41) is 0. The Morgan fingerprint density at radius 2 is 1.82 bits per heavy atom. The minimum absolute atomic E-state index is 1.09. The van der Waals surface area contributed by atoms with Crippen LogP contribution in [-0.2, 0) is 0 Å². The van der Waals surface area contributed by atoms with Gasteiger partial charge in [0.2, 0.25) is 0 Å². The fraction of sp³-hybridized carbons (Fsp3) is 0.900. The quantitative estimate of drug-likeness (QED) is 0.548. The van der Waals surface area contributed by atoms with Gasteiger partial charge >= 0.3 is 0 Å². The van der Waals surface area contributed by atoms with E-state index in [0.717, 1.165) is 6.54 Å². The van der Waals surface area contributed by atoms with Crippen LogP contribution in [0.2, 0.25) is 0 Å². The molecule has 0 saturated carbocycles. The van der Waals surface area contributed by atoms with Gasteiger partial charge in [-0.15, -0.1) is 0 Å². The molecule has 1 rings (SSSR count). The SMILES string of the molecule is CC/C1=N/CCCCCCC1. The highest BCUT2D eigenvalue weighted by Crippen LogP contribution is 2.10. The highest BCUT2D eigenvalue weighted by molar-refractivity contribution is 5.84. The Bertz CT molecular complexity index is 127. The summed E-state index contributed by atoms with van der Waals surface area (Å²) in [6.07, 6.45) is 9.33. The topological polar surface area (TPSA) is 12.4 Å². The van der Waals surface area contributed by atoms with E-state index in [1.165, 1.54) is 50.7 Å². The van der Waals surface area contributed by atoms with E-state index >= 15 is 0 Å². The number of hydrogen-bond acceptors (Lipinski definition) is 1. The van der Waals surface area contributed by atoms with Crippen molar-refractivity contribution in [2.45, 2.75) is 51.9 Å². The maximum Gasteiger partial charge on any atom is 0.0388 e. The summed E-state index contributed by atoms with van der Waals surface area (Å²) in [5.41, 5.74) is 1.45. The van der Waals surface area contributed by atoms with Crippen molar-refractivity contribution in [2.75, 3.05) is 6.54 Å². The van der Waals surface area contributed by atoms with Crippen LogP contribution in [0.5, 0.6) is 0 Å². The van der Waals surface area contributed by atoms with Crippen molar-refractivity contribution >= 4 is 5.71 Å². The van der Waals surface area contributed by atoms with Gasteiger partial charge in [0.15, 0.2) is 0 Å². The first kappa shape index (κ1) is 8.76. The molecule has 0 N–H and O–H groups in total. The van der Waals surface area contributed by atoms with Crippen molar-refractivity contribution in [3.8, 4) is 0 Å². The molecule has 0 saturated heterocycles. The van der Waals surface area contributed by atoms with Crippen molar-refractivity contribution in [3.05, 3.63) is 0 Å². The maximum absolute atomic E-state index is 4.58. The summed E-state index contributed by atoms with van der Waals surface area (Å²) in [7, 11) is 0. The second-order valence-electron chi connectivity index (χ2n) is 3.32. The summed E-state index contributed by atoms with van der Waals surface area (Å²) in [5.74, 6) is 0. The van der Waals surface area contributed by atoms with Crippen molar-refractivity contribution in [1.29, 1.82) is 0 Å². The lowest BCUT2D eigenvalue weighted by molar-refractivity contribution is 0.639. The minimum atomic E-state index is 1.09. The molecule has 0 aromatic rings. The molecule has 0 spiro atoms. The molecule has 0 unspecified atom stereocenters. The van der Waals surface area contributed by atoms with Crippen LogP contribution in [0, 0.1) is 0 Å². The lowest BCUT2D eigenvalue weighted by atomic mass is 10.1. The van der Waals surface area contributed by atoms with Crippen molar-refractivity contribution in [1.82, 2.24) is 0 Å². The van der Waals surface area contributed by atoms with Crippen LogP contribution in [0.25, 0.3) is 0 Å². The number of nitrogens with zero attached hydrogens (tertiary/aromatic N) is 1. The molecule has 0 aromatic carbocycles. The van der Waals surface area contributed by atoms with Crippen LogP contribution in [-0.4, -0.2) is 12.3 Å². The molecule has 1 aliphatic rings. The Labute approximate surface area is 69.9 Å². The van der Waals surface area contributed by atoms with Gasteiger partial charge in [0, 0.05) is 12.3 Å². The van der Waals surface area contributed by atoms with E-state index in [0.29, 0.717) is 0 Å². The first-order valence-electron chi connectivity index (χ1n) is 4.95. The van der Waals surface area contributed by atoms with Gasteiger partial charge in [0.1, 0.15) is 0 Å². The van der Waals surface area contributed by atoms with Crippen molar-refractivity contribution < 1.29 is 0 Å². The molecule has 0 radical (unpaired) electrons. The van der Waals surface area contributed by atoms with E-state index in [1.807, 2.05) is 0 Å². The smallest absolute Gasteiger partial charge is 0.0388 e. The number of rotatable bonds is 1. The maximum atomic E-state index is 4.58. The van der Waals surface area contributed by atoms with Crippen LogP contribution in [0.4, 0.5) is 0 Å². The van der Waals surface area contributed by atoms with Gasteiger partial charge in [-0.25, -0.2) is 0 Å². The van der Waals surface area contributed by atoms with E-state index in [1.54, 1.807) is 0 Å². The van der Waals surface area contributed by atoms with Crippen LogP contribution in [0.15, 0.2) is 4.99 Å². The zero-order valence-corrected chi connectivity index (χ0v) is 7.60. The van der Waals surface area contributed by atoms with Gasteiger partial charge < -0.3 is 0 Å². The highest BCUT2D eigenvalue weighted by Gasteiger charge is 1.99. The Morgan fingerprint density at radius 3 is 2.64 bits per heavy atom. The molecular formula is C10H19N. The van der Waals surface area contributed by atoms with E-state index in [2.05, 4.69) is 11.9 Å². The van der Waals surface area contributed by atoms with Crippen molar-refractivity contribution in [3.63, 3.8) is 0 Å². The van der Waals surface area contributed by atoms with Gasteiger partial charge in [0.05, 0.1) is 0 Å². The average molecular weight is 153 g/mol. The minimum Gasteiger partial charge on any atom is -0.294 e. The Balaban J connectivity index is 2.34. The third kappa shape index (κ3) is 3.54. The molecule has 1 aliphatic heterocycles. The van der Waals surface area contributed by atoms with E-state index in [-0.39, 0.29) is 0 Å². The third-order valence-electron chi connectivity index (χ3n) is 2.37. The molecular weight excluding hydrogens is 134 g/mol. The summed E-state index contributed by atoms with van der Waals surface area (Å²) < 4.78 is 0. The predicted octanol–water partition coefficient (Wildman–Crippen LogP) is 3.19. The summed E-state index contributed by atoms with van der Waals surface area (Å²) in [6.45, 7) is 3.31. The Hall–Kier alpha value is -0.330. The van der Waals surface area contributed by atoms with E-state index in [9.17, 15) is 0 Å². The molecule has 1 heterocycles.